The van der Waals surface area contributed by atoms with Gasteiger partial charge >= 0.3 is 0 Å². The second kappa shape index (κ2) is 5.40. The minimum Gasteiger partial charge on any atom is -0.468 e. The third kappa shape index (κ3) is 2.43. The largest absolute Gasteiger partial charge is 0.468 e. The molecule has 0 radical (unpaired) electrons. The molecule has 23 heavy (non-hydrogen) atoms. The average molecular weight is 309 g/mol. The Labute approximate surface area is 131 Å². The molecular weight excluding hydrogens is 294 g/mol. The summed E-state index contributed by atoms with van der Waals surface area (Å²) >= 11 is 0. The van der Waals surface area contributed by atoms with Gasteiger partial charge in [0.05, 0.1) is 18.8 Å². The highest BCUT2D eigenvalue weighted by atomic mass is 16.3. The van der Waals surface area contributed by atoms with Gasteiger partial charge in [-0.05, 0) is 31.2 Å². The fourth-order valence-electron chi connectivity index (χ4n) is 2.62. The Kier molecular flexibility index (Phi) is 3.24. The first kappa shape index (κ1) is 13.8. The van der Waals surface area contributed by atoms with Crippen molar-refractivity contribution in [3.05, 3.63) is 64.6 Å². The third-order valence-electron chi connectivity index (χ3n) is 3.83. The van der Waals surface area contributed by atoms with Crippen LogP contribution in [0.1, 0.15) is 24.6 Å². The first-order valence-corrected chi connectivity index (χ1v) is 7.39. The topological polar surface area (TPSA) is 84.1 Å². The van der Waals surface area contributed by atoms with Gasteiger partial charge in [-0.15, -0.1) is 0 Å². The Bertz CT molecular complexity index is 1010. The molecule has 116 valence electrons. The predicted molar refractivity (Wildman–Crippen MR) is 86.1 cm³/mol. The van der Waals surface area contributed by atoms with E-state index in [4.69, 9.17) is 8.83 Å². The predicted octanol–water partition coefficient (Wildman–Crippen LogP) is 3.11. The van der Waals surface area contributed by atoms with Crippen LogP contribution in [-0.4, -0.2) is 9.97 Å². The Morgan fingerprint density at radius 1 is 1.26 bits per heavy atom. The molecule has 0 aliphatic rings. The average Bonchev–Trinajstić information content (AvgIpc) is 3.21. The van der Waals surface area contributed by atoms with Crippen LogP contribution in [-0.2, 0) is 6.54 Å². The molecule has 0 fully saturated rings. The number of aromatic amines is 1. The highest BCUT2D eigenvalue weighted by Crippen LogP contribution is 2.24. The number of furan rings is 2. The Morgan fingerprint density at radius 3 is 2.96 bits per heavy atom. The maximum absolute atomic E-state index is 12.2. The van der Waals surface area contributed by atoms with Gasteiger partial charge in [-0.2, -0.15) is 0 Å². The Balaban J connectivity index is 1.68. The van der Waals surface area contributed by atoms with E-state index < -0.39 is 0 Å². The number of fused-ring (bicyclic) bond motifs is 3. The molecule has 0 aliphatic heterocycles. The number of rotatable bonds is 4. The monoisotopic (exact) mass is 309 g/mol. The normalized spacial score (nSPS) is 12.9. The van der Waals surface area contributed by atoms with Crippen LogP contribution in [0.2, 0.25) is 0 Å². The number of nitrogens with zero attached hydrogens (tertiary/aromatic N) is 1. The minimum atomic E-state index is -0.270. The molecule has 0 saturated heterocycles. The highest BCUT2D eigenvalue weighted by Gasteiger charge is 2.14. The second-order valence-electron chi connectivity index (χ2n) is 5.41. The molecule has 0 bridgehead atoms. The zero-order valence-electron chi connectivity index (χ0n) is 12.5. The molecule has 4 rings (SSSR count). The lowest BCUT2D eigenvalue weighted by molar-refractivity contribution is 0.427. The van der Waals surface area contributed by atoms with Crippen molar-refractivity contribution in [1.29, 1.82) is 0 Å². The van der Waals surface area contributed by atoms with Crippen LogP contribution in [0.15, 0.2) is 56.3 Å². The summed E-state index contributed by atoms with van der Waals surface area (Å²) in [6.45, 7) is 2.41. The molecule has 0 unspecified atom stereocenters. The number of hydrogen-bond acceptors (Lipinski definition) is 5. The van der Waals surface area contributed by atoms with E-state index in [1.807, 2.05) is 43.3 Å². The SMILES string of the molecule is C[C@H](NCc1nc2c(oc3ccccc32)c(=O)[nH]1)c1ccco1. The molecule has 1 aromatic carbocycles. The van der Waals surface area contributed by atoms with Crippen molar-refractivity contribution in [1.82, 2.24) is 15.3 Å². The molecule has 2 N–H and O–H groups in total. The van der Waals surface area contributed by atoms with Gasteiger partial charge in [-0.3, -0.25) is 4.79 Å². The fourth-order valence-corrected chi connectivity index (χ4v) is 2.62. The number of hydrogen-bond donors (Lipinski definition) is 2. The van der Waals surface area contributed by atoms with Crippen LogP contribution in [0.3, 0.4) is 0 Å². The van der Waals surface area contributed by atoms with E-state index in [9.17, 15) is 4.79 Å². The van der Waals surface area contributed by atoms with Crippen LogP contribution in [0.25, 0.3) is 22.1 Å². The first-order chi connectivity index (χ1) is 11.2. The standard InChI is InChI=1S/C17H15N3O3/c1-10(12-7-4-8-22-12)18-9-14-19-15-11-5-2-3-6-13(11)23-16(15)17(21)20-14/h2-8,10,18H,9H2,1H3,(H,19,20,21)/t10-/m0/s1. The molecule has 3 aromatic heterocycles. The van der Waals surface area contributed by atoms with Crippen molar-refractivity contribution in [3.63, 3.8) is 0 Å². The first-order valence-electron chi connectivity index (χ1n) is 7.39. The number of H-pyrrole nitrogens is 1. The van der Waals surface area contributed by atoms with Gasteiger partial charge in [0.25, 0.3) is 5.56 Å². The van der Waals surface area contributed by atoms with Crippen LogP contribution in [0.5, 0.6) is 0 Å². The number of aromatic nitrogens is 2. The maximum atomic E-state index is 12.2. The van der Waals surface area contributed by atoms with Crippen LogP contribution >= 0.6 is 0 Å². The van der Waals surface area contributed by atoms with Crippen molar-refractivity contribution in [3.8, 4) is 0 Å². The lowest BCUT2D eigenvalue weighted by atomic mass is 10.2. The van der Waals surface area contributed by atoms with Crippen LogP contribution in [0, 0.1) is 0 Å². The summed E-state index contributed by atoms with van der Waals surface area (Å²) in [6.07, 6.45) is 1.64. The minimum absolute atomic E-state index is 0.0205. The second-order valence-corrected chi connectivity index (χ2v) is 5.41. The van der Waals surface area contributed by atoms with Gasteiger partial charge in [0.2, 0.25) is 5.58 Å². The van der Waals surface area contributed by atoms with E-state index >= 15 is 0 Å². The molecule has 3 heterocycles. The lowest BCUT2D eigenvalue weighted by Gasteiger charge is -2.10. The zero-order chi connectivity index (χ0) is 15.8. The van der Waals surface area contributed by atoms with Crippen LogP contribution < -0.4 is 10.9 Å². The summed E-state index contributed by atoms with van der Waals surface area (Å²) in [5.41, 5.74) is 1.24. The van der Waals surface area contributed by atoms with E-state index in [-0.39, 0.29) is 17.2 Å². The molecule has 0 amide bonds. The molecule has 6 nitrogen and oxygen atoms in total. The molecular formula is C17H15N3O3. The summed E-state index contributed by atoms with van der Waals surface area (Å²) < 4.78 is 10.9. The summed E-state index contributed by atoms with van der Waals surface area (Å²) in [5.74, 6) is 1.40. The third-order valence-corrected chi connectivity index (χ3v) is 3.83. The van der Waals surface area contributed by atoms with E-state index in [1.165, 1.54) is 0 Å². The van der Waals surface area contributed by atoms with Crippen molar-refractivity contribution in [2.24, 2.45) is 0 Å². The smallest absolute Gasteiger partial charge is 0.294 e. The van der Waals surface area contributed by atoms with Gasteiger partial charge in [0.15, 0.2) is 0 Å². The fraction of sp³-hybridized carbons (Fsp3) is 0.176. The molecule has 0 spiro atoms. The van der Waals surface area contributed by atoms with Crippen molar-refractivity contribution in [2.45, 2.75) is 19.5 Å². The summed E-state index contributed by atoms with van der Waals surface area (Å²) in [6, 6.07) is 11.3. The van der Waals surface area contributed by atoms with Gasteiger partial charge in [-0.1, -0.05) is 12.1 Å². The molecule has 1 atom stereocenters. The quantitative estimate of drug-likeness (QED) is 0.605. The summed E-state index contributed by atoms with van der Waals surface area (Å²) in [5, 5.41) is 4.12. The Hall–Kier alpha value is -2.86. The lowest BCUT2D eigenvalue weighted by Crippen LogP contribution is -2.21. The number of nitrogens with one attached hydrogen (secondary N) is 2. The van der Waals surface area contributed by atoms with E-state index in [0.717, 1.165) is 11.1 Å². The van der Waals surface area contributed by atoms with E-state index in [2.05, 4.69) is 15.3 Å². The van der Waals surface area contributed by atoms with Gasteiger partial charge < -0.3 is 19.1 Å². The number of benzene rings is 1. The highest BCUT2D eigenvalue weighted by molar-refractivity contribution is 6.01. The van der Waals surface area contributed by atoms with E-state index in [0.29, 0.717) is 23.5 Å². The van der Waals surface area contributed by atoms with Gasteiger partial charge in [-0.25, -0.2) is 4.98 Å². The zero-order valence-corrected chi connectivity index (χ0v) is 12.5. The van der Waals surface area contributed by atoms with Crippen LogP contribution in [0.4, 0.5) is 0 Å². The molecule has 0 aliphatic carbocycles. The van der Waals surface area contributed by atoms with E-state index in [1.54, 1.807) is 6.26 Å². The van der Waals surface area contributed by atoms with Gasteiger partial charge in [0, 0.05) is 5.39 Å². The van der Waals surface area contributed by atoms with Crippen molar-refractivity contribution >= 4 is 22.1 Å². The van der Waals surface area contributed by atoms with Crippen molar-refractivity contribution in [2.75, 3.05) is 0 Å². The molecule has 0 saturated carbocycles. The molecule has 6 heteroatoms. The van der Waals surface area contributed by atoms with Crippen molar-refractivity contribution < 1.29 is 8.83 Å². The maximum Gasteiger partial charge on any atom is 0.294 e. The summed E-state index contributed by atoms with van der Waals surface area (Å²) in [7, 11) is 0. The van der Waals surface area contributed by atoms with Gasteiger partial charge in [0.1, 0.15) is 22.7 Å². The summed E-state index contributed by atoms with van der Waals surface area (Å²) in [4.78, 5) is 19.5. The number of para-hydroxylation sites is 1. The Morgan fingerprint density at radius 2 is 2.13 bits per heavy atom. The molecule has 4 aromatic rings.